The first kappa shape index (κ1) is 28.5. The first-order chi connectivity index (χ1) is 20.9. The summed E-state index contributed by atoms with van der Waals surface area (Å²) in [5, 5.41) is 9.71. The van der Waals surface area contributed by atoms with Crippen LogP contribution in [0.1, 0.15) is 35.2 Å². The van der Waals surface area contributed by atoms with Crippen molar-refractivity contribution in [3.8, 4) is 17.0 Å². The lowest BCUT2D eigenvalue weighted by Gasteiger charge is -2.32. The summed E-state index contributed by atoms with van der Waals surface area (Å²) in [6.45, 7) is 1.87. The third-order valence-electron chi connectivity index (χ3n) is 8.08. The summed E-state index contributed by atoms with van der Waals surface area (Å²) in [6.07, 6.45) is 7.39. The summed E-state index contributed by atoms with van der Waals surface area (Å²) in [6, 6.07) is 12.1. The molecule has 0 radical (unpaired) electrons. The van der Waals surface area contributed by atoms with E-state index in [4.69, 9.17) is 0 Å². The maximum Gasteiger partial charge on any atom is 0.387 e. The fourth-order valence-corrected chi connectivity index (χ4v) is 5.76. The fourth-order valence-electron chi connectivity index (χ4n) is 5.76. The van der Waals surface area contributed by atoms with Crippen LogP contribution in [0, 0.1) is 12.8 Å². The Kier molecular flexibility index (Phi) is 8.19. The topological polar surface area (TPSA) is 113 Å². The summed E-state index contributed by atoms with van der Waals surface area (Å²) in [5.74, 6) is 0.607. The number of carbonyl (C=O) groups excluding carboxylic acids is 2. The minimum absolute atomic E-state index is 0.0361. The van der Waals surface area contributed by atoms with Crippen molar-refractivity contribution in [2.45, 2.75) is 38.8 Å². The van der Waals surface area contributed by atoms with E-state index in [0.29, 0.717) is 43.0 Å². The Hall–Kier alpha value is -4.58. The molecule has 2 aliphatic rings. The molecule has 10 nitrogen and oxygen atoms in total. The van der Waals surface area contributed by atoms with Gasteiger partial charge in [-0.3, -0.25) is 14.0 Å². The van der Waals surface area contributed by atoms with Crippen LogP contribution in [-0.4, -0.2) is 69.9 Å². The molecule has 4 heterocycles. The third-order valence-corrected chi connectivity index (χ3v) is 8.08. The number of nitrogens with zero attached hydrogens (tertiary/aromatic N) is 4. The zero-order valence-corrected chi connectivity index (χ0v) is 23.7. The molecule has 3 N–H and O–H groups in total. The third kappa shape index (κ3) is 6.29. The van der Waals surface area contributed by atoms with Crippen molar-refractivity contribution in [1.29, 1.82) is 0 Å². The first-order valence-corrected chi connectivity index (χ1v) is 14.4. The van der Waals surface area contributed by atoms with Crippen molar-refractivity contribution in [3.05, 3.63) is 72.2 Å². The van der Waals surface area contributed by atoms with Gasteiger partial charge in [0.2, 0.25) is 5.91 Å². The standard InChI is InChI=1S/C31H33F2N7O3/c1-19-16-22(4-7-25(19)30(42)39-13-9-21(10-14-39)29(41)38-23-8-11-34-17-23)37-27-28-36-18-26(40(28)15-12-35-27)20-2-5-24(6-3-20)43-31(32)33/h2-7,12,15-16,18,21,23,31,34H,8-11,13-14,17H2,1H3,(H,35,37)(H,38,41)/t23-/m0/s1. The average Bonchev–Trinajstić information content (AvgIpc) is 3.68. The van der Waals surface area contributed by atoms with Crippen molar-refractivity contribution in [3.63, 3.8) is 0 Å². The van der Waals surface area contributed by atoms with Gasteiger partial charge in [0.1, 0.15) is 5.75 Å². The predicted molar refractivity (Wildman–Crippen MR) is 158 cm³/mol. The number of ether oxygens (including phenoxy) is 1. The minimum atomic E-state index is -2.88. The summed E-state index contributed by atoms with van der Waals surface area (Å²) < 4.78 is 31.3. The SMILES string of the molecule is Cc1cc(Nc2nccn3c(-c4ccc(OC(F)F)cc4)cnc23)ccc1C(=O)N1CCC(C(=O)N[C@H]2CCNC2)CC1. The number of rotatable bonds is 8. The molecular weight excluding hydrogens is 556 g/mol. The Morgan fingerprint density at radius 3 is 2.56 bits per heavy atom. The van der Waals surface area contributed by atoms with Crippen LogP contribution in [0.2, 0.25) is 0 Å². The molecule has 2 aromatic heterocycles. The number of hydrogen-bond acceptors (Lipinski definition) is 7. The van der Waals surface area contributed by atoms with Gasteiger partial charge in [-0.2, -0.15) is 8.78 Å². The second-order valence-corrected chi connectivity index (χ2v) is 10.9. The van der Waals surface area contributed by atoms with Gasteiger partial charge in [-0.15, -0.1) is 0 Å². The molecule has 224 valence electrons. The van der Waals surface area contributed by atoms with Gasteiger partial charge in [0.25, 0.3) is 5.91 Å². The van der Waals surface area contributed by atoms with Crippen LogP contribution in [0.4, 0.5) is 20.3 Å². The number of imidazole rings is 1. The number of carbonyl (C=O) groups is 2. The molecule has 0 saturated carbocycles. The van der Waals surface area contributed by atoms with Crippen LogP contribution in [-0.2, 0) is 4.79 Å². The molecule has 1 atom stereocenters. The van der Waals surface area contributed by atoms with E-state index in [-0.39, 0.29) is 29.5 Å². The molecule has 2 aromatic carbocycles. The molecule has 6 rings (SSSR count). The van der Waals surface area contributed by atoms with E-state index in [9.17, 15) is 18.4 Å². The second-order valence-electron chi connectivity index (χ2n) is 10.9. The molecule has 2 amide bonds. The molecule has 2 saturated heterocycles. The molecule has 12 heteroatoms. The van der Waals surface area contributed by atoms with E-state index in [1.807, 2.05) is 34.4 Å². The lowest BCUT2D eigenvalue weighted by molar-refractivity contribution is -0.126. The second kappa shape index (κ2) is 12.3. The van der Waals surface area contributed by atoms with Crippen molar-refractivity contribution in [2.75, 3.05) is 31.5 Å². The van der Waals surface area contributed by atoms with Crippen LogP contribution in [0.5, 0.6) is 5.75 Å². The highest BCUT2D eigenvalue weighted by atomic mass is 19.3. The predicted octanol–water partition coefficient (Wildman–Crippen LogP) is 4.38. The number of likely N-dealkylation sites (tertiary alicyclic amines) is 1. The van der Waals surface area contributed by atoms with Gasteiger partial charge in [0.15, 0.2) is 11.5 Å². The molecule has 2 aliphatic heterocycles. The number of anilines is 2. The molecule has 4 aromatic rings. The first-order valence-electron chi connectivity index (χ1n) is 14.4. The van der Waals surface area contributed by atoms with Crippen molar-refractivity contribution < 1.29 is 23.1 Å². The Labute approximate surface area is 247 Å². The number of hydrogen-bond donors (Lipinski definition) is 3. The van der Waals surface area contributed by atoms with Gasteiger partial charge < -0.3 is 25.6 Å². The number of amides is 2. The van der Waals surface area contributed by atoms with E-state index < -0.39 is 6.61 Å². The van der Waals surface area contributed by atoms with Crippen LogP contribution in [0.3, 0.4) is 0 Å². The molecule has 0 unspecified atom stereocenters. The van der Waals surface area contributed by atoms with Crippen LogP contribution < -0.4 is 20.7 Å². The monoisotopic (exact) mass is 589 g/mol. The van der Waals surface area contributed by atoms with Crippen LogP contribution >= 0.6 is 0 Å². The zero-order valence-electron chi connectivity index (χ0n) is 23.7. The number of aryl methyl sites for hydroxylation is 1. The summed E-state index contributed by atoms with van der Waals surface area (Å²) in [4.78, 5) is 36.8. The van der Waals surface area contributed by atoms with Crippen LogP contribution in [0.25, 0.3) is 16.9 Å². The smallest absolute Gasteiger partial charge is 0.387 e. The van der Waals surface area contributed by atoms with Gasteiger partial charge in [0, 0.05) is 60.8 Å². The number of nitrogens with one attached hydrogen (secondary N) is 3. The Morgan fingerprint density at radius 2 is 1.86 bits per heavy atom. The Bertz CT molecular complexity index is 1610. The Balaban J connectivity index is 1.11. The highest BCUT2D eigenvalue weighted by Crippen LogP contribution is 2.28. The molecule has 0 aliphatic carbocycles. The number of aromatic nitrogens is 3. The van der Waals surface area contributed by atoms with Crippen molar-refractivity contribution in [1.82, 2.24) is 29.9 Å². The molecule has 43 heavy (non-hydrogen) atoms. The summed E-state index contributed by atoms with van der Waals surface area (Å²) in [5.41, 5.74) is 4.33. The summed E-state index contributed by atoms with van der Waals surface area (Å²) >= 11 is 0. The van der Waals surface area contributed by atoms with Gasteiger partial charge in [-0.25, -0.2) is 9.97 Å². The molecule has 2 fully saturated rings. The van der Waals surface area contributed by atoms with Crippen molar-refractivity contribution >= 4 is 29.0 Å². The van der Waals surface area contributed by atoms with Gasteiger partial charge in [-0.1, -0.05) is 0 Å². The van der Waals surface area contributed by atoms with Crippen molar-refractivity contribution in [2.24, 2.45) is 5.92 Å². The maximum absolute atomic E-state index is 13.4. The molecular formula is C31H33F2N7O3. The average molecular weight is 590 g/mol. The lowest BCUT2D eigenvalue weighted by Crippen LogP contribution is -2.45. The quantitative estimate of drug-likeness (QED) is 0.280. The largest absolute Gasteiger partial charge is 0.435 e. The van der Waals surface area contributed by atoms with E-state index in [2.05, 4.69) is 30.7 Å². The van der Waals surface area contributed by atoms with E-state index in [0.717, 1.165) is 42.0 Å². The maximum atomic E-state index is 13.4. The van der Waals surface area contributed by atoms with Gasteiger partial charge in [-0.05, 0) is 80.8 Å². The number of halogens is 2. The molecule has 0 bridgehead atoms. The summed E-state index contributed by atoms with van der Waals surface area (Å²) in [7, 11) is 0. The number of alkyl halides is 2. The molecule has 0 spiro atoms. The van der Waals surface area contributed by atoms with E-state index >= 15 is 0 Å². The van der Waals surface area contributed by atoms with E-state index in [1.54, 1.807) is 30.7 Å². The minimum Gasteiger partial charge on any atom is -0.435 e. The normalized spacial score (nSPS) is 17.4. The highest BCUT2D eigenvalue weighted by Gasteiger charge is 2.30. The highest BCUT2D eigenvalue weighted by molar-refractivity contribution is 5.96. The number of piperidine rings is 1. The van der Waals surface area contributed by atoms with Crippen LogP contribution in [0.15, 0.2) is 61.1 Å². The lowest BCUT2D eigenvalue weighted by atomic mass is 9.94. The Morgan fingerprint density at radius 1 is 1.07 bits per heavy atom. The van der Waals surface area contributed by atoms with Gasteiger partial charge >= 0.3 is 6.61 Å². The van der Waals surface area contributed by atoms with E-state index in [1.165, 1.54) is 12.1 Å². The number of benzene rings is 2. The van der Waals surface area contributed by atoms with Gasteiger partial charge in [0.05, 0.1) is 11.9 Å². The zero-order chi connectivity index (χ0) is 29.9. The number of fused-ring (bicyclic) bond motifs is 1. The fraction of sp³-hybridized carbons (Fsp3) is 0.355.